The van der Waals surface area contributed by atoms with E-state index in [-0.39, 0.29) is 17.2 Å². The van der Waals surface area contributed by atoms with Crippen LogP contribution in [0.1, 0.15) is 29.6 Å². The van der Waals surface area contributed by atoms with Gasteiger partial charge in [-0.25, -0.2) is 8.42 Å². The Kier molecular flexibility index (Phi) is 8.39. The van der Waals surface area contributed by atoms with Crippen molar-refractivity contribution in [2.45, 2.75) is 28.5 Å². The van der Waals surface area contributed by atoms with Crippen molar-refractivity contribution in [2.75, 3.05) is 29.5 Å². The number of nitrogens with one attached hydrogen (secondary N) is 2. The molecule has 1 aromatic heterocycles. The second-order valence-corrected chi connectivity index (χ2v) is 12.3. The maximum Gasteiger partial charge on any atom is 0.257 e. The number of hydrogen-bond acceptors (Lipinski definition) is 8. The molecule has 1 fully saturated rings. The van der Waals surface area contributed by atoms with E-state index >= 15 is 0 Å². The van der Waals surface area contributed by atoms with Crippen LogP contribution in [0.4, 0.5) is 10.8 Å². The van der Waals surface area contributed by atoms with Crippen molar-refractivity contribution in [1.29, 1.82) is 0 Å². The lowest BCUT2D eigenvalue weighted by molar-refractivity contribution is -0.115. The molecule has 2 heterocycles. The Labute approximate surface area is 216 Å². The minimum Gasteiger partial charge on any atom is -0.326 e. The normalized spacial score (nSPS) is 14.1. The number of carbonyl (C=O) groups is 2. The summed E-state index contributed by atoms with van der Waals surface area (Å²) in [6, 6.07) is 12.8. The first-order valence-electron chi connectivity index (χ1n) is 10.7. The van der Waals surface area contributed by atoms with E-state index < -0.39 is 15.9 Å². The third-order valence-corrected chi connectivity index (χ3v) is 9.23. The number of hydrogen-bond donors (Lipinski definition) is 2. The van der Waals surface area contributed by atoms with Gasteiger partial charge >= 0.3 is 0 Å². The summed E-state index contributed by atoms with van der Waals surface area (Å²) in [4.78, 5) is 24.8. The summed E-state index contributed by atoms with van der Waals surface area (Å²) in [5.41, 5.74) is 0.947. The zero-order valence-electron chi connectivity index (χ0n) is 18.4. The fourth-order valence-corrected chi connectivity index (χ4v) is 6.83. The highest BCUT2D eigenvalue weighted by atomic mass is 35.5. The van der Waals surface area contributed by atoms with Crippen LogP contribution in [0.2, 0.25) is 5.02 Å². The van der Waals surface area contributed by atoms with Gasteiger partial charge in [0.15, 0.2) is 4.34 Å². The van der Waals surface area contributed by atoms with Crippen LogP contribution in [-0.2, 0) is 14.8 Å². The lowest BCUT2D eigenvalue weighted by Gasteiger charge is -2.15. The molecule has 3 aromatic rings. The molecule has 9 nitrogen and oxygen atoms in total. The Balaban J connectivity index is 1.26. The zero-order valence-corrected chi connectivity index (χ0v) is 21.6. The molecule has 0 saturated carbocycles. The first kappa shape index (κ1) is 25.6. The molecule has 0 unspecified atom stereocenters. The molecule has 2 N–H and O–H groups in total. The highest BCUT2D eigenvalue weighted by molar-refractivity contribution is 8.01. The second-order valence-electron chi connectivity index (χ2n) is 7.62. The number of aromatic nitrogens is 2. The molecule has 35 heavy (non-hydrogen) atoms. The molecule has 0 aliphatic carbocycles. The second kappa shape index (κ2) is 11.5. The molecule has 4 rings (SSSR count). The third kappa shape index (κ3) is 6.79. The van der Waals surface area contributed by atoms with E-state index in [2.05, 4.69) is 20.8 Å². The lowest BCUT2D eigenvalue weighted by Crippen LogP contribution is -2.27. The summed E-state index contributed by atoms with van der Waals surface area (Å²) in [7, 11) is -3.53. The van der Waals surface area contributed by atoms with Crippen LogP contribution in [0.3, 0.4) is 0 Å². The van der Waals surface area contributed by atoms with Crippen LogP contribution in [-0.4, -0.2) is 53.6 Å². The number of rotatable bonds is 9. The van der Waals surface area contributed by atoms with Gasteiger partial charge in [-0.05, 0) is 55.3 Å². The van der Waals surface area contributed by atoms with Crippen molar-refractivity contribution in [3.8, 4) is 0 Å². The van der Waals surface area contributed by atoms with E-state index in [1.807, 2.05) is 0 Å². The molecule has 1 aliphatic rings. The van der Waals surface area contributed by atoms with Crippen molar-refractivity contribution >= 4 is 67.4 Å². The van der Waals surface area contributed by atoms with Gasteiger partial charge in [-0.1, -0.05) is 40.8 Å². The van der Waals surface area contributed by atoms with Crippen molar-refractivity contribution in [2.24, 2.45) is 0 Å². The number of thioether (sulfide) groups is 1. The summed E-state index contributed by atoms with van der Waals surface area (Å²) in [5.74, 6) is -0.0706. The van der Waals surface area contributed by atoms with Gasteiger partial charge in [0.1, 0.15) is 0 Å². The quantitative estimate of drug-likeness (QED) is 0.299. The smallest absolute Gasteiger partial charge is 0.257 e. The number of carbonyl (C=O) groups excluding carboxylic acids is 2. The number of benzene rings is 2. The van der Waals surface area contributed by atoms with Crippen LogP contribution in [0.5, 0.6) is 0 Å². The summed E-state index contributed by atoms with van der Waals surface area (Å²) < 4.78 is 27.3. The minimum atomic E-state index is -3.53. The molecule has 13 heteroatoms. The van der Waals surface area contributed by atoms with Crippen LogP contribution >= 0.6 is 34.7 Å². The Morgan fingerprint density at radius 1 is 1.06 bits per heavy atom. The molecule has 2 aromatic carbocycles. The monoisotopic (exact) mass is 551 g/mol. The van der Waals surface area contributed by atoms with Gasteiger partial charge in [-0.2, -0.15) is 4.31 Å². The molecular formula is C22H22ClN5O4S3. The Morgan fingerprint density at radius 3 is 2.51 bits per heavy atom. The first-order chi connectivity index (χ1) is 16.8. The largest absolute Gasteiger partial charge is 0.326 e. The number of nitrogens with zero attached hydrogens (tertiary/aromatic N) is 3. The Hall–Kier alpha value is -2.51. The molecule has 2 amide bonds. The SMILES string of the molecule is O=C(CCSc1nnc(NC(=O)c2ccc(S(=O)(=O)N3CCCC3)cc2)s1)Nc1cccc(Cl)c1. The molecule has 0 spiro atoms. The number of halogens is 1. The van der Waals surface area contributed by atoms with Crippen LogP contribution in [0.15, 0.2) is 57.8 Å². The Bertz CT molecular complexity index is 1310. The standard InChI is InChI=1S/C22H22ClN5O4S3/c23-16-4-3-5-17(14-16)24-19(29)10-13-33-22-27-26-21(34-22)25-20(30)15-6-8-18(9-7-15)35(31,32)28-11-1-2-12-28/h3-9,14H,1-2,10-13H2,(H,24,29)(H,25,26,30). The maximum atomic E-state index is 12.6. The lowest BCUT2D eigenvalue weighted by atomic mass is 10.2. The van der Waals surface area contributed by atoms with Gasteiger partial charge in [-0.3, -0.25) is 14.9 Å². The van der Waals surface area contributed by atoms with Crippen LogP contribution in [0.25, 0.3) is 0 Å². The van der Waals surface area contributed by atoms with E-state index in [0.717, 1.165) is 12.8 Å². The van der Waals surface area contributed by atoms with Crippen LogP contribution < -0.4 is 10.6 Å². The summed E-state index contributed by atoms with van der Waals surface area (Å²) in [6.07, 6.45) is 1.99. The number of amides is 2. The maximum absolute atomic E-state index is 12.6. The summed E-state index contributed by atoms with van der Waals surface area (Å²) in [5, 5.41) is 14.3. The van der Waals surface area contributed by atoms with E-state index in [1.54, 1.807) is 24.3 Å². The van der Waals surface area contributed by atoms with Gasteiger partial charge in [0, 0.05) is 41.5 Å². The summed E-state index contributed by atoms with van der Waals surface area (Å²) in [6.45, 7) is 1.04. The molecule has 1 aliphatic heterocycles. The fraction of sp³-hybridized carbons (Fsp3) is 0.273. The molecule has 0 radical (unpaired) electrons. The first-order valence-corrected chi connectivity index (χ1v) is 14.4. The van der Waals surface area contributed by atoms with Crippen LogP contribution in [0, 0.1) is 0 Å². The zero-order chi connectivity index (χ0) is 24.8. The van der Waals surface area contributed by atoms with E-state index in [0.29, 0.717) is 44.6 Å². The van der Waals surface area contributed by atoms with Crippen molar-refractivity contribution < 1.29 is 18.0 Å². The number of anilines is 2. The number of sulfonamides is 1. The van der Waals surface area contributed by atoms with E-state index in [4.69, 9.17) is 11.6 Å². The van der Waals surface area contributed by atoms with Crippen molar-refractivity contribution in [3.05, 3.63) is 59.1 Å². The van der Waals surface area contributed by atoms with E-state index in [1.165, 1.54) is 51.7 Å². The van der Waals surface area contributed by atoms with Crippen molar-refractivity contribution in [3.63, 3.8) is 0 Å². The van der Waals surface area contributed by atoms with Gasteiger partial charge in [0.05, 0.1) is 4.90 Å². The van der Waals surface area contributed by atoms with Gasteiger partial charge in [0.2, 0.25) is 21.1 Å². The minimum absolute atomic E-state index is 0.145. The molecular weight excluding hydrogens is 530 g/mol. The van der Waals surface area contributed by atoms with Gasteiger partial charge in [-0.15, -0.1) is 10.2 Å². The topological polar surface area (TPSA) is 121 Å². The molecule has 0 bridgehead atoms. The fourth-order valence-electron chi connectivity index (χ4n) is 3.36. The highest BCUT2D eigenvalue weighted by Crippen LogP contribution is 2.27. The molecule has 184 valence electrons. The highest BCUT2D eigenvalue weighted by Gasteiger charge is 2.27. The average molecular weight is 552 g/mol. The van der Waals surface area contributed by atoms with E-state index in [9.17, 15) is 18.0 Å². The average Bonchev–Trinajstić information content (AvgIpc) is 3.52. The molecule has 1 saturated heterocycles. The predicted molar refractivity (Wildman–Crippen MR) is 138 cm³/mol. The third-order valence-electron chi connectivity index (χ3n) is 5.11. The van der Waals surface area contributed by atoms with Crippen molar-refractivity contribution in [1.82, 2.24) is 14.5 Å². The van der Waals surface area contributed by atoms with Gasteiger partial charge < -0.3 is 5.32 Å². The predicted octanol–water partition coefficient (Wildman–Crippen LogP) is 4.35. The Morgan fingerprint density at radius 2 is 1.80 bits per heavy atom. The van der Waals surface area contributed by atoms with Gasteiger partial charge in [0.25, 0.3) is 5.91 Å². The molecule has 0 atom stereocenters. The summed E-state index contributed by atoms with van der Waals surface area (Å²) >= 11 is 8.47.